The lowest BCUT2D eigenvalue weighted by Crippen LogP contribution is -2.34. The van der Waals surface area contributed by atoms with Gasteiger partial charge in [-0.15, -0.1) is 0 Å². The summed E-state index contributed by atoms with van der Waals surface area (Å²) in [4.78, 5) is 12.3. The minimum atomic E-state index is -0.329. The summed E-state index contributed by atoms with van der Waals surface area (Å²) < 4.78 is 13.9. The van der Waals surface area contributed by atoms with Crippen molar-refractivity contribution in [2.24, 2.45) is 0 Å². The molecule has 0 saturated heterocycles. The summed E-state index contributed by atoms with van der Waals surface area (Å²) in [6.45, 7) is 2.67. The van der Waals surface area contributed by atoms with E-state index in [0.29, 0.717) is 33.9 Å². The highest BCUT2D eigenvalue weighted by Crippen LogP contribution is 2.29. The van der Waals surface area contributed by atoms with E-state index < -0.39 is 0 Å². The zero-order chi connectivity index (χ0) is 18.5. The Morgan fingerprint density at radius 3 is 2.73 bits per heavy atom. The van der Waals surface area contributed by atoms with Crippen molar-refractivity contribution >= 4 is 63.3 Å². The van der Waals surface area contributed by atoms with E-state index in [1.165, 1.54) is 0 Å². The van der Waals surface area contributed by atoms with Gasteiger partial charge in [0.15, 0.2) is 5.11 Å². The molecule has 3 aromatic rings. The molecule has 0 aliphatic rings. The Morgan fingerprint density at radius 2 is 2.00 bits per heavy atom. The molecule has 2 aromatic carbocycles. The maximum absolute atomic E-state index is 12.3. The molecule has 6 nitrogen and oxygen atoms in total. The van der Waals surface area contributed by atoms with Crippen molar-refractivity contribution in [2.75, 3.05) is 11.9 Å². The first-order valence-electron chi connectivity index (χ1n) is 7.84. The van der Waals surface area contributed by atoms with E-state index in [4.69, 9.17) is 28.6 Å². The number of nitrogens with one attached hydrogen (secondary N) is 2. The van der Waals surface area contributed by atoms with Gasteiger partial charge in [-0.2, -0.15) is 8.75 Å². The lowest BCUT2D eigenvalue weighted by atomic mass is 10.2. The molecule has 0 bridgehead atoms. The average Bonchev–Trinajstić information content (AvgIpc) is 3.11. The third-order valence-corrected chi connectivity index (χ3v) is 4.49. The van der Waals surface area contributed by atoms with Crippen LogP contribution in [0.1, 0.15) is 23.7 Å². The minimum absolute atomic E-state index is 0.128. The van der Waals surface area contributed by atoms with Crippen molar-refractivity contribution in [3.63, 3.8) is 0 Å². The second-order valence-corrected chi connectivity index (χ2v) is 6.68. The largest absolute Gasteiger partial charge is 0.494 e. The maximum atomic E-state index is 12.3. The van der Waals surface area contributed by atoms with Crippen LogP contribution in [-0.2, 0) is 0 Å². The van der Waals surface area contributed by atoms with Gasteiger partial charge in [0.2, 0.25) is 0 Å². The summed E-state index contributed by atoms with van der Waals surface area (Å²) in [5.41, 5.74) is 2.30. The predicted octanol–water partition coefficient (Wildman–Crippen LogP) is 4.26. The molecule has 0 spiro atoms. The van der Waals surface area contributed by atoms with E-state index in [1.54, 1.807) is 36.4 Å². The van der Waals surface area contributed by atoms with E-state index in [1.807, 2.05) is 6.92 Å². The number of aromatic nitrogens is 2. The number of nitrogens with zero attached hydrogens (tertiary/aromatic N) is 2. The van der Waals surface area contributed by atoms with Crippen molar-refractivity contribution in [3.8, 4) is 5.75 Å². The molecule has 2 N–H and O–H groups in total. The number of ether oxygens (including phenoxy) is 1. The molecule has 1 aromatic heterocycles. The van der Waals surface area contributed by atoms with Gasteiger partial charge < -0.3 is 10.1 Å². The number of halogens is 1. The van der Waals surface area contributed by atoms with Crippen LogP contribution in [0.4, 0.5) is 5.69 Å². The highest BCUT2D eigenvalue weighted by molar-refractivity contribution is 7.80. The molecule has 0 aliphatic carbocycles. The van der Waals surface area contributed by atoms with Gasteiger partial charge in [-0.05, 0) is 55.0 Å². The topological polar surface area (TPSA) is 76.1 Å². The van der Waals surface area contributed by atoms with Gasteiger partial charge in [-0.3, -0.25) is 10.1 Å². The number of thiocarbonyl (C=S) groups is 1. The Morgan fingerprint density at radius 1 is 1.23 bits per heavy atom. The predicted molar refractivity (Wildman–Crippen MR) is 108 cm³/mol. The van der Waals surface area contributed by atoms with Gasteiger partial charge in [0, 0.05) is 5.56 Å². The average molecular weight is 407 g/mol. The normalized spacial score (nSPS) is 10.5. The van der Waals surface area contributed by atoms with Gasteiger partial charge in [0.1, 0.15) is 16.8 Å². The molecule has 26 heavy (non-hydrogen) atoms. The molecule has 0 radical (unpaired) electrons. The van der Waals surface area contributed by atoms with Crippen LogP contribution < -0.4 is 15.4 Å². The van der Waals surface area contributed by atoms with Gasteiger partial charge in [-0.25, -0.2) is 0 Å². The highest BCUT2D eigenvalue weighted by Gasteiger charge is 2.13. The third kappa shape index (κ3) is 4.27. The summed E-state index contributed by atoms with van der Waals surface area (Å²) >= 11 is 12.5. The monoisotopic (exact) mass is 406 g/mol. The summed E-state index contributed by atoms with van der Waals surface area (Å²) in [5.74, 6) is 0.392. The van der Waals surface area contributed by atoms with Crippen LogP contribution in [0.5, 0.6) is 5.75 Å². The van der Waals surface area contributed by atoms with Crippen molar-refractivity contribution in [1.29, 1.82) is 0 Å². The first-order valence-corrected chi connectivity index (χ1v) is 9.36. The third-order valence-electron chi connectivity index (χ3n) is 3.43. The van der Waals surface area contributed by atoms with Crippen molar-refractivity contribution < 1.29 is 9.53 Å². The van der Waals surface area contributed by atoms with Crippen LogP contribution in [0.25, 0.3) is 11.0 Å². The second-order valence-electron chi connectivity index (χ2n) is 5.34. The van der Waals surface area contributed by atoms with Crippen LogP contribution in [0, 0.1) is 0 Å². The standard InChI is InChI=1S/C17H15ClN4O2S2/c1-2-9-24-11-5-3-10(4-6-11)16(23)20-17(25)19-14-12(18)7-8-13-15(14)22-26-21-13/h3-8H,2,9H2,1H3,(H2,19,20,23,25). The molecular formula is C17H15ClN4O2S2. The Balaban J connectivity index is 1.66. The van der Waals surface area contributed by atoms with E-state index in [2.05, 4.69) is 19.4 Å². The van der Waals surface area contributed by atoms with Crippen LogP contribution in [0.15, 0.2) is 36.4 Å². The molecule has 9 heteroatoms. The number of carbonyl (C=O) groups is 1. The SMILES string of the molecule is CCCOc1ccc(C(=O)NC(=S)Nc2c(Cl)ccc3nsnc23)cc1. The van der Waals surface area contributed by atoms with Crippen LogP contribution >= 0.6 is 35.5 Å². The molecule has 0 atom stereocenters. The van der Waals surface area contributed by atoms with E-state index in [0.717, 1.165) is 23.9 Å². The van der Waals surface area contributed by atoms with Gasteiger partial charge >= 0.3 is 0 Å². The molecule has 0 aliphatic heterocycles. The van der Waals surface area contributed by atoms with E-state index in [-0.39, 0.29) is 11.0 Å². The number of hydrogen-bond donors (Lipinski definition) is 2. The molecular weight excluding hydrogens is 392 g/mol. The van der Waals surface area contributed by atoms with Crippen LogP contribution in [0.2, 0.25) is 5.02 Å². The van der Waals surface area contributed by atoms with E-state index in [9.17, 15) is 4.79 Å². The fourth-order valence-electron chi connectivity index (χ4n) is 2.19. The number of rotatable bonds is 5. The van der Waals surface area contributed by atoms with Crippen molar-refractivity contribution in [3.05, 3.63) is 47.0 Å². The zero-order valence-electron chi connectivity index (χ0n) is 13.8. The van der Waals surface area contributed by atoms with Gasteiger partial charge in [0.25, 0.3) is 5.91 Å². The van der Waals surface area contributed by atoms with Crippen molar-refractivity contribution in [2.45, 2.75) is 13.3 Å². The second kappa shape index (κ2) is 8.39. The summed E-state index contributed by atoms with van der Waals surface area (Å²) in [6, 6.07) is 10.3. The molecule has 0 saturated carbocycles. The lowest BCUT2D eigenvalue weighted by Gasteiger charge is -2.11. The lowest BCUT2D eigenvalue weighted by molar-refractivity contribution is 0.0977. The zero-order valence-corrected chi connectivity index (χ0v) is 16.2. The Kier molecular flexibility index (Phi) is 5.97. The molecule has 0 fully saturated rings. The van der Waals surface area contributed by atoms with Crippen LogP contribution in [-0.4, -0.2) is 26.4 Å². The molecule has 0 unspecified atom stereocenters. The highest BCUT2D eigenvalue weighted by atomic mass is 35.5. The first kappa shape index (κ1) is 18.5. The summed E-state index contributed by atoms with van der Waals surface area (Å²) in [5, 5.41) is 6.13. The smallest absolute Gasteiger partial charge is 0.257 e. The first-order chi connectivity index (χ1) is 12.6. The Bertz CT molecular complexity index is 944. The fourth-order valence-corrected chi connectivity index (χ4v) is 3.13. The number of fused-ring (bicyclic) bond motifs is 1. The van der Waals surface area contributed by atoms with Crippen LogP contribution in [0.3, 0.4) is 0 Å². The molecule has 134 valence electrons. The quantitative estimate of drug-likeness (QED) is 0.616. The Labute approximate surface area is 164 Å². The van der Waals surface area contributed by atoms with E-state index >= 15 is 0 Å². The number of anilines is 1. The minimum Gasteiger partial charge on any atom is -0.494 e. The summed E-state index contributed by atoms with van der Waals surface area (Å²) in [7, 11) is 0. The van der Waals surface area contributed by atoms with Gasteiger partial charge in [0.05, 0.1) is 29.0 Å². The Hall–Kier alpha value is -2.29. The number of benzene rings is 2. The fraction of sp³-hybridized carbons (Fsp3) is 0.176. The molecule has 1 heterocycles. The summed E-state index contributed by atoms with van der Waals surface area (Å²) in [6.07, 6.45) is 0.923. The molecule has 3 rings (SSSR count). The van der Waals surface area contributed by atoms with Gasteiger partial charge in [-0.1, -0.05) is 18.5 Å². The number of amides is 1. The number of hydrogen-bond acceptors (Lipinski definition) is 6. The van der Waals surface area contributed by atoms with Crippen molar-refractivity contribution in [1.82, 2.24) is 14.1 Å². The maximum Gasteiger partial charge on any atom is 0.257 e. The molecule has 1 amide bonds. The number of carbonyl (C=O) groups excluding carboxylic acids is 1.